The van der Waals surface area contributed by atoms with E-state index < -0.39 is 16.0 Å². The molecule has 0 aliphatic carbocycles. The Labute approximate surface area is 118 Å². The Bertz CT molecular complexity index is 568. The minimum Gasteiger partial charge on any atom is -0.478 e. The van der Waals surface area contributed by atoms with E-state index in [4.69, 9.17) is 10.2 Å². The Morgan fingerprint density at radius 2 is 2.00 bits per heavy atom. The molecule has 1 rings (SSSR count). The van der Waals surface area contributed by atoms with Crippen LogP contribution in [0.5, 0.6) is 0 Å². The van der Waals surface area contributed by atoms with Gasteiger partial charge in [-0.3, -0.25) is 0 Å². The van der Waals surface area contributed by atoms with Gasteiger partial charge in [0.25, 0.3) is 0 Å². The van der Waals surface area contributed by atoms with E-state index in [1.54, 1.807) is 13.8 Å². The van der Waals surface area contributed by atoms with Crippen LogP contribution in [0.2, 0.25) is 0 Å². The molecule has 0 heterocycles. The van der Waals surface area contributed by atoms with Crippen molar-refractivity contribution in [3.8, 4) is 0 Å². The largest absolute Gasteiger partial charge is 0.478 e. The summed E-state index contributed by atoms with van der Waals surface area (Å²) in [6, 6.07) is 4.98. The zero-order valence-electron chi connectivity index (χ0n) is 11.5. The van der Waals surface area contributed by atoms with E-state index in [-0.39, 0.29) is 29.7 Å². The summed E-state index contributed by atoms with van der Waals surface area (Å²) in [7, 11) is -3.77. The van der Waals surface area contributed by atoms with Crippen LogP contribution in [0, 0.1) is 0 Å². The summed E-state index contributed by atoms with van der Waals surface area (Å²) >= 11 is 0. The van der Waals surface area contributed by atoms with Crippen LogP contribution in [-0.2, 0) is 10.0 Å². The molecule has 0 aliphatic heterocycles. The van der Waals surface area contributed by atoms with Crippen molar-refractivity contribution in [2.24, 2.45) is 0 Å². The molecule has 0 fully saturated rings. The molecule has 2 N–H and O–H groups in total. The van der Waals surface area contributed by atoms with Crippen molar-refractivity contribution in [3.63, 3.8) is 0 Å². The SMILES string of the molecule is CC(C)N(CCCO)S(=O)(=O)c1cccc(C(=O)O)c1. The molecule has 6 nitrogen and oxygen atoms in total. The summed E-state index contributed by atoms with van der Waals surface area (Å²) < 4.78 is 26.3. The Morgan fingerprint density at radius 1 is 1.35 bits per heavy atom. The van der Waals surface area contributed by atoms with Gasteiger partial charge in [-0.05, 0) is 38.5 Å². The number of aromatic carboxylic acids is 1. The number of aliphatic hydroxyl groups is 1. The smallest absolute Gasteiger partial charge is 0.335 e. The number of benzene rings is 1. The highest BCUT2D eigenvalue weighted by atomic mass is 32.2. The van der Waals surface area contributed by atoms with Crippen LogP contribution < -0.4 is 0 Å². The highest BCUT2D eigenvalue weighted by Gasteiger charge is 2.27. The Morgan fingerprint density at radius 3 is 2.50 bits per heavy atom. The Kier molecular flexibility index (Phi) is 5.67. The summed E-state index contributed by atoms with van der Waals surface area (Å²) in [6.07, 6.45) is 0.329. The van der Waals surface area contributed by atoms with Gasteiger partial charge < -0.3 is 10.2 Å². The number of rotatable bonds is 7. The van der Waals surface area contributed by atoms with Gasteiger partial charge in [-0.15, -0.1) is 0 Å². The number of carboxylic acid groups (broad SMARTS) is 1. The lowest BCUT2D eigenvalue weighted by atomic mass is 10.2. The van der Waals surface area contributed by atoms with Gasteiger partial charge in [0.15, 0.2) is 0 Å². The average molecular weight is 301 g/mol. The van der Waals surface area contributed by atoms with Crippen molar-refractivity contribution in [1.82, 2.24) is 4.31 Å². The van der Waals surface area contributed by atoms with Crippen molar-refractivity contribution >= 4 is 16.0 Å². The van der Waals surface area contributed by atoms with Gasteiger partial charge in [-0.2, -0.15) is 4.31 Å². The first-order valence-electron chi connectivity index (χ1n) is 6.26. The van der Waals surface area contributed by atoms with Crippen LogP contribution in [0.3, 0.4) is 0 Å². The summed E-state index contributed by atoms with van der Waals surface area (Å²) in [4.78, 5) is 10.9. The summed E-state index contributed by atoms with van der Waals surface area (Å²) in [5, 5.41) is 17.8. The van der Waals surface area contributed by atoms with Crippen molar-refractivity contribution < 1.29 is 23.4 Å². The molecule has 0 aliphatic rings. The molecule has 0 aromatic heterocycles. The second-order valence-electron chi connectivity index (χ2n) is 4.62. The second-order valence-corrected chi connectivity index (χ2v) is 6.51. The van der Waals surface area contributed by atoms with E-state index in [2.05, 4.69) is 0 Å². The normalized spacial score (nSPS) is 12.1. The van der Waals surface area contributed by atoms with Crippen LogP contribution >= 0.6 is 0 Å². The van der Waals surface area contributed by atoms with Crippen molar-refractivity contribution in [1.29, 1.82) is 0 Å². The van der Waals surface area contributed by atoms with E-state index in [0.29, 0.717) is 6.42 Å². The van der Waals surface area contributed by atoms with Crippen molar-refractivity contribution in [2.45, 2.75) is 31.2 Å². The van der Waals surface area contributed by atoms with Crippen LogP contribution in [0.25, 0.3) is 0 Å². The second kappa shape index (κ2) is 6.83. The average Bonchev–Trinajstić information content (AvgIpc) is 2.38. The molecule has 112 valence electrons. The van der Waals surface area contributed by atoms with E-state index >= 15 is 0 Å². The lowest BCUT2D eigenvalue weighted by molar-refractivity contribution is 0.0696. The maximum atomic E-state index is 12.5. The molecule has 0 amide bonds. The molecule has 0 atom stereocenters. The van der Waals surface area contributed by atoms with Crippen LogP contribution in [-0.4, -0.2) is 48.1 Å². The zero-order chi connectivity index (χ0) is 15.3. The summed E-state index contributed by atoms with van der Waals surface area (Å²) in [5.41, 5.74) is -0.0723. The van der Waals surface area contributed by atoms with E-state index in [1.807, 2.05) is 0 Å². The third-order valence-electron chi connectivity index (χ3n) is 2.80. The van der Waals surface area contributed by atoms with E-state index in [0.717, 1.165) is 6.07 Å². The topological polar surface area (TPSA) is 94.9 Å². The fourth-order valence-corrected chi connectivity index (χ4v) is 3.53. The number of sulfonamides is 1. The third kappa shape index (κ3) is 3.78. The third-order valence-corrected chi connectivity index (χ3v) is 4.87. The molecule has 0 saturated heterocycles. The minimum absolute atomic E-state index is 0.0518. The maximum absolute atomic E-state index is 12.5. The molecule has 0 saturated carbocycles. The maximum Gasteiger partial charge on any atom is 0.335 e. The predicted molar refractivity (Wildman–Crippen MR) is 74.1 cm³/mol. The fourth-order valence-electron chi connectivity index (χ4n) is 1.81. The molecule has 0 spiro atoms. The van der Waals surface area contributed by atoms with Crippen LogP contribution in [0.15, 0.2) is 29.2 Å². The number of carbonyl (C=O) groups is 1. The molecule has 1 aromatic carbocycles. The number of nitrogens with zero attached hydrogens (tertiary/aromatic N) is 1. The molecule has 1 aromatic rings. The predicted octanol–water partition coefficient (Wildman–Crippen LogP) is 1.17. The van der Waals surface area contributed by atoms with Gasteiger partial charge in [0.1, 0.15) is 0 Å². The van der Waals surface area contributed by atoms with E-state index in [9.17, 15) is 13.2 Å². The first kappa shape index (κ1) is 16.6. The standard InChI is InChI=1S/C13H19NO5S/c1-10(2)14(7-4-8-15)20(18,19)12-6-3-5-11(9-12)13(16)17/h3,5-6,9-10,15H,4,7-8H2,1-2H3,(H,16,17). The van der Waals surface area contributed by atoms with Crippen molar-refractivity contribution in [2.75, 3.05) is 13.2 Å². The van der Waals surface area contributed by atoms with Gasteiger partial charge in [0.2, 0.25) is 10.0 Å². The number of hydrogen-bond acceptors (Lipinski definition) is 4. The van der Waals surface area contributed by atoms with Gasteiger partial charge in [-0.1, -0.05) is 6.07 Å². The van der Waals surface area contributed by atoms with Crippen molar-refractivity contribution in [3.05, 3.63) is 29.8 Å². The highest BCUT2D eigenvalue weighted by Crippen LogP contribution is 2.19. The molecular weight excluding hydrogens is 282 g/mol. The van der Waals surface area contributed by atoms with E-state index in [1.165, 1.54) is 22.5 Å². The lowest BCUT2D eigenvalue weighted by Gasteiger charge is -2.25. The van der Waals surface area contributed by atoms with Crippen LogP contribution in [0.1, 0.15) is 30.6 Å². The molecule has 0 radical (unpaired) electrons. The minimum atomic E-state index is -3.77. The molecule has 7 heteroatoms. The highest BCUT2D eigenvalue weighted by molar-refractivity contribution is 7.89. The molecule has 0 bridgehead atoms. The van der Waals surface area contributed by atoms with Gasteiger partial charge in [-0.25, -0.2) is 13.2 Å². The molecule has 0 unspecified atom stereocenters. The van der Waals surface area contributed by atoms with Gasteiger partial charge in [0.05, 0.1) is 10.5 Å². The monoisotopic (exact) mass is 301 g/mol. The fraction of sp³-hybridized carbons (Fsp3) is 0.462. The lowest BCUT2D eigenvalue weighted by Crippen LogP contribution is -2.38. The Hall–Kier alpha value is -1.44. The number of aliphatic hydroxyl groups excluding tert-OH is 1. The quantitative estimate of drug-likeness (QED) is 0.788. The Balaban J connectivity index is 3.19. The van der Waals surface area contributed by atoms with Gasteiger partial charge in [0, 0.05) is 19.2 Å². The number of carboxylic acids is 1. The van der Waals surface area contributed by atoms with Gasteiger partial charge >= 0.3 is 5.97 Å². The number of hydrogen-bond donors (Lipinski definition) is 2. The zero-order valence-corrected chi connectivity index (χ0v) is 12.3. The first-order valence-corrected chi connectivity index (χ1v) is 7.70. The molecular formula is C13H19NO5S. The summed E-state index contributed by atoms with van der Waals surface area (Å²) in [5.74, 6) is -1.17. The molecule has 20 heavy (non-hydrogen) atoms. The van der Waals surface area contributed by atoms with Crippen LogP contribution in [0.4, 0.5) is 0 Å². The first-order chi connectivity index (χ1) is 9.30. The summed E-state index contributed by atoms with van der Waals surface area (Å²) in [6.45, 7) is 3.55.